The second kappa shape index (κ2) is 14.7. The summed E-state index contributed by atoms with van der Waals surface area (Å²) in [6, 6.07) is 8.40. The lowest BCUT2D eigenvalue weighted by atomic mass is 9.91. The average Bonchev–Trinajstić information content (AvgIpc) is 3.70. The van der Waals surface area contributed by atoms with Crippen LogP contribution in [0, 0.1) is 11.7 Å². The van der Waals surface area contributed by atoms with Crippen molar-refractivity contribution in [2.24, 2.45) is 5.92 Å². The molecule has 8 heterocycles. The summed E-state index contributed by atoms with van der Waals surface area (Å²) in [5.74, 6) is -2.90. The maximum absolute atomic E-state index is 17.6. The van der Waals surface area contributed by atoms with Crippen LogP contribution in [0.25, 0.3) is 32.9 Å². The Hall–Kier alpha value is -4.48. The van der Waals surface area contributed by atoms with E-state index in [1.54, 1.807) is 12.1 Å². The van der Waals surface area contributed by atoms with E-state index in [4.69, 9.17) is 28.6 Å². The van der Waals surface area contributed by atoms with Crippen molar-refractivity contribution in [2.75, 3.05) is 57.4 Å². The lowest BCUT2D eigenvalue weighted by Gasteiger charge is -2.41. The van der Waals surface area contributed by atoms with Gasteiger partial charge in [0, 0.05) is 57.3 Å². The molecule has 310 valence electrons. The van der Waals surface area contributed by atoms with E-state index in [-0.39, 0.29) is 40.7 Å². The molecule has 6 aliphatic rings. The predicted octanol–water partition coefficient (Wildman–Crippen LogP) is 6.62. The minimum atomic E-state index is -4.50. The molecule has 10 rings (SSSR count). The normalized spacial score (nSPS) is 26.7. The number of piperidine rings is 2. The van der Waals surface area contributed by atoms with E-state index in [9.17, 15) is 22.0 Å². The third-order valence-electron chi connectivity index (χ3n) is 12.6. The first kappa shape index (κ1) is 39.0. The van der Waals surface area contributed by atoms with Crippen LogP contribution in [-0.2, 0) is 21.5 Å². The predicted molar refractivity (Wildman–Crippen MR) is 211 cm³/mol. The van der Waals surface area contributed by atoms with E-state index in [2.05, 4.69) is 17.1 Å². The van der Waals surface area contributed by atoms with Gasteiger partial charge in [0.25, 0.3) is 5.92 Å². The Balaban J connectivity index is 1.19. The number of nitrogens with one attached hydrogen (secondary N) is 1. The van der Waals surface area contributed by atoms with Crippen LogP contribution in [0.3, 0.4) is 0 Å². The van der Waals surface area contributed by atoms with Gasteiger partial charge in [-0.3, -0.25) is 9.88 Å². The van der Waals surface area contributed by atoms with Gasteiger partial charge in [-0.25, -0.2) is 18.0 Å². The third kappa shape index (κ3) is 7.38. The van der Waals surface area contributed by atoms with Gasteiger partial charge in [-0.1, -0.05) is 25.1 Å². The van der Waals surface area contributed by atoms with E-state index >= 15 is 4.39 Å². The van der Waals surface area contributed by atoms with Gasteiger partial charge in [-0.2, -0.15) is 22.7 Å². The van der Waals surface area contributed by atoms with Crippen LogP contribution >= 0.6 is 0 Å². The molecule has 17 heteroatoms. The molecule has 3 atom stereocenters. The summed E-state index contributed by atoms with van der Waals surface area (Å²) < 4.78 is 91.0. The Bertz CT molecular complexity index is 2380. The van der Waals surface area contributed by atoms with E-state index in [1.807, 2.05) is 17.9 Å². The number of pyridine rings is 1. The molecule has 1 N–H and O–H groups in total. The molecule has 13 nitrogen and oxygen atoms in total. The highest BCUT2D eigenvalue weighted by atomic mass is 32.2. The molecule has 0 aliphatic carbocycles. The maximum Gasteiger partial charge on any atom is 0.407 e. The van der Waals surface area contributed by atoms with Crippen LogP contribution < -0.4 is 19.1 Å². The van der Waals surface area contributed by atoms with Gasteiger partial charge in [-0.15, -0.1) is 0 Å². The smallest absolute Gasteiger partial charge is 0.407 e. The van der Waals surface area contributed by atoms with Gasteiger partial charge < -0.3 is 23.9 Å². The van der Waals surface area contributed by atoms with E-state index in [0.717, 1.165) is 42.2 Å². The van der Waals surface area contributed by atoms with Crippen molar-refractivity contribution in [1.82, 2.24) is 29.5 Å². The number of rotatable bonds is 6. The van der Waals surface area contributed by atoms with E-state index in [0.29, 0.717) is 73.3 Å². The third-order valence-corrected chi connectivity index (χ3v) is 14.0. The zero-order valence-corrected chi connectivity index (χ0v) is 33.6. The van der Waals surface area contributed by atoms with Gasteiger partial charge >= 0.3 is 22.4 Å². The summed E-state index contributed by atoms with van der Waals surface area (Å²) in [5.41, 5.74) is 0.0950. The van der Waals surface area contributed by atoms with Gasteiger partial charge in [0.05, 0.1) is 23.1 Å². The van der Waals surface area contributed by atoms with Crippen LogP contribution in [0.2, 0.25) is 0 Å². The van der Waals surface area contributed by atoms with Crippen molar-refractivity contribution < 1.29 is 40.0 Å². The fourth-order valence-electron chi connectivity index (χ4n) is 9.90. The highest BCUT2D eigenvalue weighted by Gasteiger charge is 2.48. The standard InChI is InChI=1S/C41H48F3N7O6S/c1-26-21-40(11-6-15-50(40)23-26)25-56-37-46-35-31-22-45-34(33(35)42)30-20-29(57-58(53,54)51-16-12-41(43,44)13-17-51)19-28-8-3-7-27(32(28)30)9-4-18-55-38(52)48-39(2)10-5-14-49(24-39)36(31)47-37/h3,7-8,19-20,22,26H,4-6,9-18,21,23-25H2,1-2H3,(H,48,52)/t26-,39-,40+/m1/s1. The van der Waals surface area contributed by atoms with Gasteiger partial charge in [0.2, 0.25) is 0 Å². The first-order valence-electron chi connectivity index (χ1n) is 20.3. The number of hydrogen-bond donors (Lipinski definition) is 1. The Kier molecular flexibility index (Phi) is 9.86. The fourth-order valence-corrected chi connectivity index (χ4v) is 11.0. The lowest BCUT2D eigenvalue weighted by Crippen LogP contribution is -2.57. The number of benzene rings is 2. The number of carbonyl (C=O) groups excluding carboxylic acids is 1. The summed E-state index contributed by atoms with van der Waals surface area (Å²) in [6.45, 7) is 6.80. The summed E-state index contributed by atoms with van der Waals surface area (Å²) in [7, 11) is -4.50. The molecule has 4 fully saturated rings. The minimum Gasteiger partial charge on any atom is -0.461 e. The number of amides is 1. The topological polar surface area (TPSA) is 139 Å². The number of aryl methyl sites for hydroxylation is 1. The number of ether oxygens (including phenoxy) is 2. The number of fused-ring (bicyclic) bond motifs is 7. The van der Waals surface area contributed by atoms with Crippen LogP contribution in [0.15, 0.2) is 36.5 Å². The largest absolute Gasteiger partial charge is 0.461 e. The molecule has 0 saturated carbocycles. The zero-order valence-electron chi connectivity index (χ0n) is 32.7. The molecule has 6 aliphatic heterocycles. The number of nitrogens with zero attached hydrogens (tertiary/aromatic N) is 6. The number of aromatic nitrogens is 3. The molecule has 4 aromatic rings. The first-order valence-corrected chi connectivity index (χ1v) is 21.6. The maximum atomic E-state index is 17.6. The Morgan fingerprint density at radius 2 is 1.84 bits per heavy atom. The molecule has 4 saturated heterocycles. The number of anilines is 1. The SMILES string of the molecule is C[C@H]1CN2CCC[C@@]2(COc2nc3c4cnc(c(F)c4n2)-c2cc(OS(=O)(=O)N4CCC(F)(F)CC4)cc4cccc(c24)CCCOC(=O)N[C@]2(C)CCCN3C2)C1. The lowest BCUT2D eigenvalue weighted by molar-refractivity contribution is -0.0420. The second-order valence-electron chi connectivity index (χ2n) is 17.1. The van der Waals surface area contributed by atoms with Crippen molar-refractivity contribution in [3.8, 4) is 23.0 Å². The van der Waals surface area contributed by atoms with Crippen molar-refractivity contribution >= 4 is 43.9 Å². The number of alkyl halides is 2. The Labute approximate surface area is 335 Å². The summed E-state index contributed by atoms with van der Waals surface area (Å²) in [4.78, 5) is 32.0. The summed E-state index contributed by atoms with van der Waals surface area (Å²) >= 11 is 0. The number of carbonyl (C=O) groups is 1. The second-order valence-corrected chi connectivity index (χ2v) is 18.7. The summed E-state index contributed by atoms with van der Waals surface area (Å²) in [6.07, 6.45) is 5.07. The van der Waals surface area contributed by atoms with Gasteiger partial charge in [0.1, 0.15) is 29.4 Å². The molecule has 58 heavy (non-hydrogen) atoms. The first-order chi connectivity index (χ1) is 27.7. The number of hydrogen-bond acceptors (Lipinski definition) is 11. The molecule has 2 aromatic carbocycles. The quantitative estimate of drug-likeness (QED) is 0.225. The molecule has 1 amide bonds. The summed E-state index contributed by atoms with van der Waals surface area (Å²) in [5, 5.41) is 4.55. The van der Waals surface area contributed by atoms with Crippen molar-refractivity contribution in [3.63, 3.8) is 0 Å². The van der Waals surface area contributed by atoms with Crippen LogP contribution in [0.4, 0.5) is 23.8 Å². The number of halogens is 3. The monoisotopic (exact) mass is 823 g/mol. The molecular formula is C41H48F3N7O6S. The Morgan fingerprint density at radius 1 is 1.03 bits per heavy atom. The van der Waals surface area contributed by atoms with Crippen LogP contribution in [0.5, 0.6) is 11.8 Å². The van der Waals surface area contributed by atoms with Crippen molar-refractivity contribution in [3.05, 3.63) is 47.9 Å². The molecule has 6 bridgehead atoms. The highest BCUT2D eigenvalue weighted by Crippen LogP contribution is 2.43. The van der Waals surface area contributed by atoms with Crippen LogP contribution in [-0.4, -0.2) is 108 Å². The average molecular weight is 824 g/mol. The van der Waals surface area contributed by atoms with E-state index < -0.39 is 59.6 Å². The highest BCUT2D eigenvalue weighted by molar-refractivity contribution is 7.84. The minimum absolute atomic E-state index is 0.0200. The van der Waals surface area contributed by atoms with Gasteiger partial charge in [0.15, 0.2) is 5.82 Å². The molecule has 0 radical (unpaired) electrons. The van der Waals surface area contributed by atoms with Crippen molar-refractivity contribution in [2.45, 2.75) is 88.6 Å². The molecule has 0 unspecified atom stereocenters. The molecule has 2 aromatic heterocycles. The van der Waals surface area contributed by atoms with E-state index in [1.165, 1.54) is 18.3 Å². The Morgan fingerprint density at radius 3 is 2.67 bits per heavy atom. The fraction of sp³-hybridized carbons (Fsp3) is 0.561. The molecular weight excluding hydrogens is 776 g/mol. The van der Waals surface area contributed by atoms with Crippen molar-refractivity contribution in [1.29, 1.82) is 0 Å². The van der Waals surface area contributed by atoms with Crippen LogP contribution in [0.1, 0.15) is 70.8 Å². The van der Waals surface area contributed by atoms with Gasteiger partial charge in [-0.05, 0) is 92.8 Å². The molecule has 0 spiro atoms. The number of alkyl carbamates (subject to hydrolysis) is 1. The zero-order chi connectivity index (χ0) is 40.5.